The van der Waals surface area contributed by atoms with E-state index < -0.39 is 9.84 Å². The number of rotatable bonds is 5. The van der Waals surface area contributed by atoms with Crippen LogP contribution in [0, 0.1) is 0 Å². The second kappa shape index (κ2) is 6.45. The number of ether oxygens (including phenoxy) is 2. The Balaban J connectivity index is 1.94. The highest BCUT2D eigenvalue weighted by Crippen LogP contribution is 2.22. The second-order valence-electron chi connectivity index (χ2n) is 5.03. The summed E-state index contributed by atoms with van der Waals surface area (Å²) in [6.07, 6.45) is 1.37. The average molecular weight is 299 g/mol. The van der Waals surface area contributed by atoms with Crippen LogP contribution in [0.3, 0.4) is 0 Å². The standard InChI is InChI=1S/C14H21NO4S/c1-18-13-7-11(8-14(9-13)19-2)10-15-12-3-5-20(16,17)6-4-12/h7-9,12,15H,3-6,10H2,1-2H3. The minimum absolute atomic E-state index is 0.260. The minimum Gasteiger partial charge on any atom is -0.497 e. The fourth-order valence-electron chi connectivity index (χ4n) is 2.32. The summed E-state index contributed by atoms with van der Waals surface area (Å²) in [4.78, 5) is 0. The Kier molecular flexibility index (Phi) is 4.88. The van der Waals surface area contributed by atoms with Crippen molar-refractivity contribution in [3.05, 3.63) is 23.8 Å². The van der Waals surface area contributed by atoms with Crippen molar-refractivity contribution in [3.63, 3.8) is 0 Å². The molecule has 0 amide bonds. The quantitative estimate of drug-likeness (QED) is 0.889. The van der Waals surface area contributed by atoms with Gasteiger partial charge in [0.05, 0.1) is 25.7 Å². The van der Waals surface area contributed by atoms with Crippen molar-refractivity contribution in [3.8, 4) is 11.5 Å². The van der Waals surface area contributed by atoms with E-state index in [0.717, 1.165) is 17.1 Å². The van der Waals surface area contributed by atoms with Crippen molar-refractivity contribution in [2.75, 3.05) is 25.7 Å². The molecule has 20 heavy (non-hydrogen) atoms. The molecule has 1 saturated heterocycles. The van der Waals surface area contributed by atoms with Crippen molar-refractivity contribution in [1.82, 2.24) is 5.32 Å². The van der Waals surface area contributed by atoms with Gasteiger partial charge in [-0.1, -0.05) is 0 Å². The Hall–Kier alpha value is -1.27. The fraction of sp³-hybridized carbons (Fsp3) is 0.571. The fourth-order valence-corrected chi connectivity index (χ4v) is 3.82. The zero-order valence-corrected chi connectivity index (χ0v) is 12.7. The normalized spacial score (nSPS) is 18.7. The van der Waals surface area contributed by atoms with E-state index in [1.807, 2.05) is 18.2 Å². The highest BCUT2D eigenvalue weighted by atomic mass is 32.2. The molecule has 0 aromatic heterocycles. The van der Waals surface area contributed by atoms with Crippen molar-refractivity contribution >= 4 is 9.84 Å². The first kappa shape index (κ1) is 15.1. The van der Waals surface area contributed by atoms with E-state index >= 15 is 0 Å². The Labute approximate surface area is 120 Å². The van der Waals surface area contributed by atoms with Crippen LogP contribution >= 0.6 is 0 Å². The van der Waals surface area contributed by atoms with E-state index in [1.54, 1.807) is 14.2 Å². The lowest BCUT2D eigenvalue weighted by Gasteiger charge is -2.23. The molecule has 0 atom stereocenters. The van der Waals surface area contributed by atoms with E-state index in [0.29, 0.717) is 19.4 Å². The van der Waals surface area contributed by atoms with Crippen molar-refractivity contribution in [1.29, 1.82) is 0 Å². The van der Waals surface area contributed by atoms with Gasteiger partial charge in [0.15, 0.2) is 0 Å². The molecule has 1 N–H and O–H groups in total. The molecule has 0 unspecified atom stereocenters. The molecule has 1 aromatic rings. The molecular formula is C14H21NO4S. The lowest BCUT2D eigenvalue weighted by atomic mass is 10.1. The SMILES string of the molecule is COc1cc(CNC2CCS(=O)(=O)CC2)cc(OC)c1. The van der Waals surface area contributed by atoms with E-state index in [2.05, 4.69) is 5.32 Å². The smallest absolute Gasteiger partial charge is 0.150 e. The number of benzene rings is 1. The van der Waals surface area contributed by atoms with E-state index in [-0.39, 0.29) is 17.5 Å². The largest absolute Gasteiger partial charge is 0.497 e. The Morgan fingerprint density at radius 3 is 2.15 bits per heavy atom. The highest BCUT2D eigenvalue weighted by molar-refractivity contribution is 7.91. The predicted octanol–water partition coefficient (Wildman–Crippen LogP) is 1.37. The van der Waals surface area contributed by atoms with Crippen molar-refractivity contribution in [2.24, 2.45) is 0 Å². The molecule has 0 saturated carbocycles. The monoisotopic (exact) mass is 299 g/mol. The lowest BCUT2D eigenvalue weighted by molar-refractivity contribution is 0.392. The molecule has 2 rings (SSSR count). The molecule has 1 fully saturated rings. The third-order valence-electron chi connectivity index (χ3n) is 3.56. The molecule has 0 bridgehead atoms. The maximum absolute atomic E-state index is 11.4. The van der Waals surface area contributed by atoms with Crippen LogP contribution in [0.25, 0.3) is 0 Å². The third-order valence-corrected chi connectivity index (χ3v) is 5.28. The topological polar surface area (TPSA) is 64.6 Å². The Morgan fingerprint density at radius 2 is 1.65 bits per heavy atom. The summed E-state index contributed by atoms with van der Waals surface area (Å²) < 4.78 is 33.2. The van der Waals surface area contributed by atoms with Crippen LogP contribution in [-0.2, 0) is 16.4 Å². The van der Waals surface area contributed by atoms with Gasteiger partial charge in [-0.3, -0.25) is 0 Å². The number of nitrogens with one attached hydrogen (secondary N) is 1. The molecule has 6 heteroatoms. The van der Waals surface area contributed by atoms with Gasteiger partial charge in [-0.2, -0.15) is 0 Å². The zero-order valence-electron chi connectivity index (χ0n) is 11.9. The van der Waals surface area contributed by atoms with Gasteiger partial charge in [-0.15, -0.1) is 0 Å². The summed E-state index contributed by atoms with van der Waals surface area (Å²) in [6, 6.07) is 6.00. The molecule has 5 nitrogen and oxygen atoms in total. The van der Waals surface area contributed by atoms with Crippen LogP contribution in [-0.4, -0.2) is 40.2 Å². The second-order valence-corrected chi connectivity index (χ2v) is 7.33. The van der Waals surface area contributed by atoms with Gasteiger partial charge >= 0.3 is 0 Å². The number of methoxy groups -OCH3 is 2. The molecule has 112 valence electrons. The number of hydrogen-bond acceptors (Lipinski definition) is 5. The van der Waals surface area contributed by atoms with Gasteiger partial charge in [-0.25, -0.2) is 8.42 Å². The summed E-state index contributed by atoms with van der Waals surface area (Å²) in [5.74, 6) is 2.08. The highest BCUT2D eigenvalue weighted by Gasteiger charge is 2.23. The first-order valence-corrected chi connectivity index (χ1v) is 8.50. The van der Waals surface area contributed by atoms with Crippen LogP contribution in [0.5, 0.6) is 11.5 Å². The predicted molar refractivity (Wildman–Crippen MR) is 78.1 cm³/mol. The van der Waals surface area contributed by atoms with Crippen LogP contribution in [0.4, 0.5) is 0 Å². The van der Waals surface area contributed by atoms with Crippen molar-refractivity contribution < 1.29 is 17.9 Å². The zero-order chi connectivity index (χ0) is 14.6. The van der Waals surface area contributed by atoms with Crippen LogP contribution < -0.4 is 14.8 Å². The average Bonchev–Trinajstić information content (AvgIpc) is 2.45. The Bertz CT molecular complexity index is 520. The van der Waals surface area contributed by atoms with E-state index in [4.69, 9.17) is 9.47 Å². The van der Waals surface area contributed by atoms with Crippen molar-refractivity contribution in [2.45, 2.75) is 25.4 Å². The van der Waals surface area contributed by atoms with Crippen LogP contribution in [0.15, 0.2) is 18.2 Å². The Morgan fingerprint density at radius 1 is 1.10 bits per heavy atom. The number of sulfone groups is 1. The van der Waals surface area contributed by atoms with Crippen LogP contribution in [0.2, 0.25) is 0 Å². The minimum atomic E-state index is -2.80. The molecule has 0 spiro atoms. The summed E-state index contributed by atoms with van der Waals surface area (Å²) in [7, 11) is 0.446. The van der Waals surface area contributed by atoms with Gasteiger partial charge in [0.2, 0.25) is 0 Å². The van der Waals surface area contributed by atoms with Gasteiger partial charge in [-0.05, 0) is 30.5 Å². The molecule has 1 heterocycles. The van der Waals surface area contributed by atoms with E-state index in [9.17, 15) is 8.42 Å². The van der Waals surface area contributed by atoms with Crippen LogP contribution in [0.1, 0.15) is 18.4 Å². The summed E-state index contributed by atoms with van der Waals surface area (Å²) in [6.45, 7) is 0.679. The molecule has 1 aliphatic heterocycles. The maximum atomic E-state index is 11.4. The van der Waals surface area contributed by atoms with Gasteiger partial charge in [0.1, 0.15) is 21.3 Å². The van der Waals surface area contributed by atoms with Gasteiger partial charge in [0, 0.05) is 18.7 Å². The van der Waals surface area contributed by atoms with E-state index in [1.165, 1.54) is 0 Å². The third kappa shape index (κ3) is 4.11. The lowest BCUT2D eigenvalue weighted by Crippen LogP contribution is -2.37. The molecule has 1 aromatic carbocycles. The molecule has 0 aliphatic carbocycles. The molecular weight excluding hydrogens is 278 g/mol. The number of hydrogen-bond donors (Lipinski definition) is 1. The summed E-state index contributed by atoms with van der Waals surface area (Å²) >= 11 is 0. The van der Waals surface area contributed by atoms with Gasteiger partial charge in [0.25, 0.3) is 0 Å². The molecule has 0 radical (unpaired) electrons. The summed E-state index contributed by atoms with van der Waals surface area (Å²) in [5.41, 5.74) is 1.06. The first-order valence-electron chi connectivity index (χ1n) is 6.68. The molecule has 1 aliphatic rings. The van der Waals surface area contributed by atoms with Gasteiger partial charge < -0.3 is 14.8 Å². The maximum Gasteiger partial charge on any atom is 0.150 e. The first-order chi connectivity index (χ1) is 9.52. The summed E-state index contributed by atoms with van der Waals surface area (Å²) in [5, 5.41) is 3.40.